The van der Waals surface area contributed by atoms with Crippen LogP contribution in [0.4, 0.5) is 0 Å². The zero-order valence-electron chi connectivity index (χ0n) is 10.5. The van der Waals surface area contributed by atoms with Gasteiger partial charge in [0, 0.05) is 0 Å². The highest BCUT2D eigenvalue weighted by atomic mass is 16.5. The average molecular weight is 260 g/mol. The fraction of sp³-hybridized carbons (Fsp3) is 0.286. The summed E-state index contributed by atoms with van der Waals surface area (Å²) in [7, 11) is 0. The van der Waals surface area contributed by atoms with Crippen molar-refractivity contribution >= 4 is 11.8 Å². The number of carbonyl (C=O) groups is 2. The van der Waals surface area contributed by atoms with Crippen LogP contribution in [0.25, 0.3) is 0 Å². The summed E-state index contributed by atoms with van der Waals surface area (Å²) in [6.45, 7) is 3.51. The summed E-state index contributed by atoms with van der Waals surface area (Å²) >= 11 is 0. The Morgan fingerprint density at radius 2 is 2.16 bits per heavy atom. The Hall–Kier alpha value is -2.30. The summed E-state index contributed by atoms with van der Waals surface area (Å²) in [6, 6.07) is 8.51. The lowest BCUT2D eigenvalue weighted by atomic mass is 9.96. The van der Waals surface area contributed by atoms with Crippen LogP contribution in [0, 0.1) is 0 Å². The Morgan fingerprint density at radius 3 is 2.79 bits per heavy atom. The number of rotatable bonds is 6. The van der Waals surface area contributed by atoms with Gasteiger partial charge in [-0.1, -0.05) is 24.3 Å². The highest BCUT2D eigenvalue weighted by molar-refractivity contribution is 5.93. The number of benzene rings is 1. The van der Waals surface area contributed by atoms with Gasteiger partial charge in [0.05, 0.1) is 6.04 Å². The van der Waals surface area contributed by atoms with E-state index in [1.807, 2.05) is 18.2 Å². The molecule has 1 aromatic carbocycles. The Balaban J connectivity index is 1.78. The second-order valence-electron chi connectivity index (χ2n) is 4.29. The van der Waals surface area contributed by atoms with E-state index in [-0.39, 0.29) is 24.5 Å². The molecule has 1 aliphatic rings. The highest BCUT2D eigenvalue weighted by Crippen LogP contribution is 2.11. The molecule has 2 rings (SSSR count). The molecule has 0 unspecified atom stereocenters. The summed E-state index contributed by atoms with van der Waals surface area (Å²) in [4.78, 5) is 23.0. The summed E-state index contributed by atoms with van der Waals surface area (Å²) < 4.78 is 5.30. The molecular formula is C14H16N2O3. The standard InChI is InChI=1S/C14H16N2O3/c1-2-6-11-13(14(18)15-11)16-12(17)9-19-10-7-4-3-5-8-10/h2-5,7-8,11,13H,1,6,9H2,(H,15,18)(H,16,17)/t11-,13+/m1/s1. The molecule has 1 saturated heterocycles. The number of nitrogens with one attached hydrogen (secondary N) is 2. The first-order chi connectivity index (χ1) is 9.20. The van der Waals surface area contributed by atoms with Gasteiger partial charge in [0.2, 0.25) is 5.91 Å². The lowest BCUT2D eigenvalue weighted by Crippen LogP contribution is -2.69. The van der Waals surface area contributed by atoms with Crippen LogP contribution in [0.3, 0.4) is 0 Å². The molecule has 2 atom stereocenters. The van der Waals surface area contributed by atoms with E-state index in [1.54, 1.807) is 18.2 Å². The molecule has 0 saturated carbocycles. The molecule has 2 amide bonds. The Kier molecular flexibility index (Phi) is 4.18. The predicted molar refractivity (Wildman–Crippen MR) is 70.6 cm³/mol. The number of hydrogen-bond donors (Lipinski definition) is 2. The van der Waals surface area contributed by atoms with Crippen LogP contribution < -0.4 is 15.4 Å². The van der Waals surface area contributed by atoms with Crippen molar-refractivity contribution in [2.24, 2.45) is 0 Å². The molecular weight excluding hydrogens is 244 g/mol. The van der Waals surface area contributed by atoms with Crippen LogP contribution in [-0.4, -0.2) is 30.5 Å². The molecule has 0 aromatic heterocycles. The van der Waals surface area contributed by atoms with E-state index in [9.17, 15) is 9.59 Å². The van der Waals surface area contributed by atoms with Crippen molar-refractivity contribution in [2.75, 3.05) is 6.61 Å². The smallest absolute Gasteiger partial charge is 0.258 e. The molecule has 1 fully saturated rings. The summed E-state index contributed by atoms with van der Waals surface area (Å²) in [6.07, 6.45) is 2.35. The Labute approximate surface area is 111 Å². The third kappa shape index (κ3) is 3.34. The maximum Gasteiger partial charge on any atom is 0.258 e. The van der Waals surface area contributed by atoms with Gasteiger partial charge in [-0.15, -0.1) is 6.58 Å². The molecule has 5 heteroatoms. The number of carbonyl (C=O) groups excluding carboxylic acids is 2. The fourth-order valence-electron chi connectivity index (χ4n) is 1.86. The first-order valence-corrected chi connectivity index (χ1v) is 6.09. The van der Waals surface area contributed by atoms with Gasteiger partial charge in [0.25, 0.3) is 5.91 Å². The van der Waals surface area contributed by atoms with E-state index in [2.05, 4.69) is 17.2 Å². The van der Waals surface area contributed by atoms with Gasteiger partial charge < -0.3 is 15.4 Å². The molecule has 100 valence electrons. The Morgan fingerprint density at radius 1 is 1.42 bits per heavy atom. The van der Waals surface area contributed by atoms with Crippen molar-refractivity contribution in [3.8, 4) is 5.75 Å². The minimum Gasteiger partial charge on any atom is -0.484 e. The van der Waals surface area contributed by atoms with Gasteiger partial charge in [-0.3, -0.25) is 9.59 Å². The van der Waals surface area contributed by atoms with Gasteiger partial charge in [0.15, 0.2) is 6.61 Å². The molecule has 0 radical (unpaired) electrons. The minimum atomic E-state index is -0.482. The van der Waals surface area contributed by atoms with Crippen LogP contribution in [0.1, 0.15) is 6.42 Å². The summed E-state index contributed by atoms with van der Waals surface area (Å²) in [5.74, 6) is 0.149. The highest BCUT2D eigenvalue weighted by Gasteiger charge is 2.39. The van der Waals surface area contributed by atoms with Crippen LogP contribution in [-0.2, 0) is 9.59 Å². The number of ether oxygens (including phenoxy) is 1. The number of para-hydroxylation sites is 1. The fourth-order valence-corrected chi connectivity index (χ4v) is 1.86. The zero-order chi connectivity index (χ0) is 13.7. The van der Waals surface area contributed by atoms with Gasteiger partial charge >= 0.3 is 0 Å². The molecule has 2 N–H and O–H groups in total. The molecule has 1 heterocycles. The van der Waals surface area contributed by atoms with Crippen molar-refractivity contribution in [3.05, 3.63) is 43.0 Å². The van der Waals surface area contributed by atoms with E-state index in [0.29, 0.717) is 12.2 Å². The van der Waals surface area contributed by atoms with Crippen molar-refractivity contribution in [1.29, 1.82) is 0 Å². The average Bonchev–Trinajstić information content (AvgIpc) is 2.43. The molecule has 0 bridgehead atoms. The van der Waals surface area contributed by atoms with Gasteiger partial charge in [-0.25, -0.2) is 0 Å². The van der Waals surface area contributed by atoms with Crippen molar-refractivity contribution in [3.63, 3.8) is 0 Å². The molecule has 19 heavy (non-hydrogen) atoms. The van der Waals surface area contributed by atoms with Crippen LogP contribution in [0.15, 0.2) is 43.0 Å². The third-order valence-electron chi connectivity index (χ3n) is 2.86. The lowest BCUT2D eigenvalue weighted by Gasteiger charge is -2.36. The van der Waals surface area contributed by atoms with E-state index in [0.717, 1.165) is 0 Å². The minimum absolute atomic E-state index is 0.0642. The largest absolute Gasteiger partial charge is 0.484 e. The maximum atomic E-state index is 11.7. The number of hydrogen-bond acceptors (Lipinski definition) is 3. The van der Waals surface area contributed by atoms with E-state index in [4.69, 9.17) is 4.74 Å². The topological polar surface area (TPSA) is 67.4 Å². The summed E-state index contributed by atoms with van der Waals surface area (Å²) in [5.41, 5.74) is 0. The maximum absolute atomic E-state index is 11.7. The first-order valence-electron chi connectivity index (χ1n) is 6.09. The Bertz CT molecular complexity index is 471. The SMILES string of the molecule is C=CC[C@H]1NC(=O)[C@H]1NC(=O)COc1ccccc1. The van der Waals surface area contributed by atoms with Crippen molar-refractivity contribution in [1.82, 2.24) is 10.6 Å². The molecule has 1 aliphatic heterocycles. The molecule has 5 nitrogen and oxygen atoms in total. The normalized spacial score (nSPS) is 20.9. The van der Waals surface area contributed by atoms with E-state index >= 15 is 0 Å². The molecule has 0 aliphatic carbocycles. The zero-order valence-corrected chi connectivity index (χ0v) is 10.5. The quantitative estimate of drug-likeness (QED) is 0.582. The monoisotopic (exact) mass is 260 g/mol. The molecule has 1 aromatic rings. The van der Waals surface area contributed by atoms with Crippen molar-refractivity contribution < 1.29 is 14.3 Å². The summed E-state index contributed by atoms with van der Waals surface area (Å²) in [5, 5.41) is 5.35. The van der Waals surface area contributed by atoms with E-state index in [1.165, 1.54) is 0 Å². The van der Waals surface area contributed by atoms with Crippen LogP contribution in [0.5, 0.6) is 5.75 Å². The molecule has 0 spiro atoms. The number of amides is 2. The van der Waals surface area contributed by atoms with Gasteiger partial charge in [-0.2, -0.15) is 0 Å². The first kappa shape index (κ1) is 13.1. The van der Waals surface area contributed by atoms with Crippen LogP contribution in [0.2, 0.25) is 0 Å². The second kappa shape index (κ2) is 6.04. The number of β-lactam (4-membered cyclic amide) rings is 1. The van der Waals surface area contributed by atoms with E-state index < -0.39 is 6.04 Å². The second-order valence-corrected chi connectivity index (χ2v) is 4.29. The lowest BCUT2D eigenvalue weighted by molar-refractivity contribution is -0.136. The third-order valence-corrected chi connectivity index (χ3v) is 2.86. The van der Waals surface area contributed by atoms with Gasteiger partial charge in [0.1, 0.15) is 11.8 Å². The predicted octanol–water partition coefficient (Wildman–Crippen LogP) is 0.625. The van der Waals surface area contributed by atoms with Crippen molar-refractivity contribution in [2.45, 2.75) is 18.5 Å². The van der Waals surface area contributed by atoms with Gasteiger partial charge in [-0.05, 0) is 18.6 Å². The van der Waals surface area contributed by atoms with Crippen LogP contribution >= 0.6 is 0 Å².